The van der Waals surface area contributed by atoms with Crippen molar-refractivity contribution in [3.8, 4) is 11.5 Å². The number of non-ortho nitro benzene ring substituents is 1. The van der Waals surface area contributed by atoms with E-state index in [9.17, 15) is 14.9 Å². The number of benzene rings is 3. The number of esters is 1. The fraction of sp³-hybridized carbons (Fsp3) is 0.136. The maximum absolute atomic E-state index is 12.2. The molecule has 3 aromatic rings. The molecule has 0 heterocycles. The molecular formula is C22H20N2O5. The number of nitro groups is 1. The first-order chi connectivity index (χ1) is 13.9. The van der Waals surface area contributed by atoms with Gasteiger partial charge in [0.1, 0.15) is 18.1 Å². The van der Waals surface area contributed by atoms with Gasteiger partial charge in [-0.1, -0.05) is 12.1 Å². The lowest BCUT2D eigenvalue weighted by atomic mass is 10.2. The van der Waals surface area contributed by atoms with Gasteiger partial charge in [0.05, 0.1) is 10.5 Å². The topological polar surface area (TPSA) is 81.9 Å². The van der Waals surface area contributed by atoms with Crippen molar-refractivity contribution in [1.82, 2.24) is 0 Å². The molecule has 0 radical (unpaired) electrons. The van der Waals surface area contributed by atoms with E-state index in [1.165, 1.54) is 24.3 Å². The second kappa shape index (κ2) is 8.88. The van der Waals surface area contributed by atoms with Crippen molar-refractivity contribution < 1.29 is 19.2 Å². The molecule has 0 aliphatic carbocycles. The first-order valence-electron chi connectivity index (χ1n) is 8.88. The minimum absolute atomic E-state index is 0.00312. The van der Waals surface area contributed by atoms with E-state index in [4.69, 9.17) is 9.47 Å². The fourth-order valence-electron chi connectivity index (χ4n) is 2.60. The van der Waals surface area contributed by atoms with Crippen LogP contribution in [0.4, 0.5) is 11.4 Å². The van der Waals surface area contributed by atoms with E-state index in [1.807, 2.05) is 37.2 Å². The van der Waals surface area contributed by atoms with E-state index in [2.05, 4.69) is 0 Å². The number of rotatable bonds is 7. The molecule has 7 nitrogen and oxygen atoms in total. The number of ether oxygens (including phenoxy) is 2. The zero-order valence-corrected chi connectivity index (χ0v) is 16.1. The number of nitrogens with zero attached hydrogens (tertiary/aromatic N) is 2. The minimum Gasteiger partial charge on any atom is -0.457 e. The fourth-order valence-corrected chi connectivity index (χ4v) is 2.60. The van der Waals surface area contributed by atoms with Crippen LogP contribution in [0, 0.1) is 10.1 Å². The standard InChI is InChI=1S/C22H20N2O5/c1-23(2)18-8-6-17(7-9-18)22(25)28-15-16-4-3-5-21(14-16)29-20-12-10-19(11-13-20)24(26)27/h3-14H,15H2,1-2H3. The predicted molar refractivity (Wildman–Crippen MR) is 110 cm³/mol. The lowest BCUT2D eigenvalue weighted by molar-refractivity contribution is -0.384. The number of nitro benzene ring substituents is 1. The van der Waals surface area contributed by atoms with Crippen molar-refractivity contribution >= 4 is 17.3 Å². The van der Waals surface area contributed by atoms with Crippen molar-refractivity contribution in [2.75, 3.05) is 19.0 Å². The highest BCUT2D eigenvalue weighted by Gasteiger charge is 2.09. The van der Waals surface area contributed by atoms with Crippen LogP contribution in [0.15, 0.2) is 72.8 Å². The van der Waals surface area contributed by atoms with Crippen molar-refractivity contribution in [3.63, 3.8) is 0 Å². The van der Waals surface area contributed by atoms with Crippen LogP contribution in [0.1, 0.15) is 15.9 Å². The van der Waals surface area contributed by atoms with Crippen molar-refractivity contribution in [1.29, 1.82) is 0 Å². The Labute approximate surface area is 168 Å². The molecule has 0 fully saturated rings. The minimum atomic E-state index is -0.465. The molecule has 0 amide bonds. The molecule has 0 spiro atoms. The summed E-state index contributed by atoms with van der Waals surface area (Å²) in [4.78, 5) is 24.4. The van der Waals surface area contributed by atoms with Gasteiger partial charge in [0.15, 0.2) is 0 Å². The summed E-state index contributed by atoms with van der Waals surface area (Å²) in [6.45, 7) is 0.103. The zero-order valence-electron chi connectivity index (χ0n) is 16.1. The van der Waals surface area contributed by atoms with E-state index in [1.54, 1.807) is 30.3 Å². The Balaban J connectivity index is 1.60. The normalized spacial score (nSPS) is 10.3. The maximum Gasteiger partial charge on any atom is 0.338 e. The Morgan fingerprint density at radius 3 is 2.28 bits per heavy atom. The van der Waals surface area contributed by atoms with Crippen LogP contribution in [0.5, 0.6) is 11.5 Å². The maximum atomic E-state index is 12.2. The summed E-state index contributed by atoms with van der Waals surface area (Å²) in [6, 6.07) is 20.1. The molecule has 0 saturated carbocycles. The summed E-state index contributed by atoms with van der Waals surface area (Å²) in [6.07, 6.45) is 0. The molecule has 3 aromatic carbocycles. The molecule has 0 atom stereocenters. The summed E-state index contributed by atoms with van der Waals surface area (Å²) in [5.74, 6) is 0.616. The average molecular weight is 392 g/mol. The second-order valence-corrected chi connectivity index (χ2v) is 6.52. The van der Waals surface area contributed by atoms with Crippen LogP contribution in [0.2, 0.25) is 0 Å². The van der Waals surface area contributed by atoms with Gasteiger partial charge < -0.3 is 14.4 Å². The lowest BCUT2D eigenvalue weighted by Gasteiger charge is -2.12. The molecular weight excluding hydrogens is 372 g/mol. The summed E-state index contributed by atoms with van der Waals surface area (Å²) in [7, 11) is 3.86. The molecule has 7 heteroatoms. The van der Waals surface area contributed by atoms with Crippen LogP contribution >= 0.6 is 0 Å². The molecule has 3 rings (SSSR count). The van der Waals surface area contributed by atoms with Gasteiger partial charge in [-0.05, 0) is 54.1 Å². The summed E-state index contributed by atoms with van der Waals surface area (Å²) in [5.41, 5.74) is 2.24. The highest BCUT2D eigenvalue weighted by molar-refractivity contribution is 5.89. The summed E-state index contributed by atoms with van der Waals surface area (Å²) >= 11 is 0. The third-order valence-electron chi connectivity index (χ3n) is 4.17. The Kier molecular flexibility index (Phi) is 6.09. The number of hydrogen-bond donors (Lipinski definition) is 0. The SMILES string of the molecule is CN(C)c1ccc(C(=O)OCc2cccc(Oc3ccc([N+](=O)[O-])cc3)c2)cc1. The van der Waals surface area contributed by atoms with Crippen molar-refractivity contribution in [2.45, 2.75) is 6.61 Å². The van der Waals surface area contributed by atoms with E-state index in [-0.39, 0.29) is 12.3 Å². The van der Waals surface area contributed by atoms with Gasteiger partial charge in [0.25, 0.3) is 5.69 Å². The number of carbonyl (C=O) groups is 1. The van der Waals surface area contributed by atoms with Gasteiger partial charge in [0.2, 0.25) is 0 Å². The Bertz CT molecular complexity index is 998. The highest BCUT2D eigenvalue weighted by atomic mass is 16.6. The molecule has 0 N–H and O–H groups in total. The van der Waals surface area contributed by atoms with Gasteiger partial charge in [-0.25, -0.2) is 4.79 Å². The first-order valence-corrected chi connectivity index (χ1v) is 8.88. The van der Waals surface area contributed by atoms with Gasteiger partial charge >= 0.3 is 5.97 Å². The number of hydrogen-bond acceptors (Lipinski definition) is 6. The Morgan fingerprint density at radius 1 is 0.966 bits per heavy atom. The lowest BCUT2D eigenvalue weighted by Crippen LogP contribution is -2.09. The predicted octanol–water partition coefficient (Wildman–Crippen LogP) is 4.81. The van der Waals surface area contributed by atoms with E-state index < -0.39 is 10.9 Å². The third-order valence-corrected chi connectivity index (χ3v) is 4.17. The number of carbonyl (C=O) groups excluding carboxylic acids is 1. The quantitative estimate of drug-likeness (QED) is 0.326. The van der Waals surface area contributed by atoms with Crippen LogP contribution in [-0.2, 0) is 11.3 Å². The van der Waals surface area contributed by atoms with E-state index >= 15 is 0 Å². The Hall–Kier alpha value is -3.87. The monoisotopic (exact) mass is 392 g/mol. The Morgan fingerprint density at radius 2 is 1.66 bits per heavy atom. The summed E-state index contributed by atoms with van der Waals surface area (Å²) in [5, 5.41) is 10.7. The second-order valence-electron chi connectivity index (χ2n) is 6.52. The van der Waals surface area contributed by atoms with Crippen molar-refractivity contribution in [3.05, 3.63) is 94.0 Å². The summed E-state index contributed by atoms with van der Waals surface area (Å²) < 4.78 is 11.1. The molecule has 0 bridgehead atoms. The van der Waals surface area contributed by atoms with Crippen LogP contribution < -0.4 is 9.64 Å². The van der Waals surface area contributed by atoms with Gasteiger partial charge in [-0.3, -0.25) is 10.1 Å². The smallest absolute Gasteiger partial charge is 0.338 e. The molecule has 29 heavy (non-hydrogen) atoms. The largest absolute Gasteiger partial charge is 0.457 e. The van der Waals surface area contributed by atoms with Gasteiger partial charge in [-0.2, -0.15) is 0 Å². The number of anilines is 1. The first kappa shape index (κ1) is 19.9. The van der Waals surface area contributed by atoms with Gasteiger partial charge in [-0.15, -0.1) is 0 Å². The highest BCUT2D eigenvalue weighted by Crippen LogP contribution is 2.25. The molecule has 0 aliphatic rings. The molecule has 0 saturated heterocycles. The van der Waals surface area contributed by atoms with E-state index in [0.717, 1.165) is 11.3 Å². The molecule has 148 valence electrons. The molecule has 0 aliphatic heterocycles. The molecule has 0 unspecified atom stereocenters. The van der Waals surface area contributed by atoms with Crippen LogP contribution in [0.25, 0.3) is 0 Å². The van der Waals surface area contributed by atoms with E-state index in [0.29, 0.717) is 17.1 Å². The molecule has 0 aromatic heterocycles. The average Bonchev–Trinajstić information content (AvgIpc) is 2.73. The van der Waals surface area contributed by atoms with Crippen molar-refractivity contribution in [2.24, 2.45) is 0 Å². The third kappa shape index (κ3) is 5.32. The zero-order chi connectivity index (χ0) is 20.8. The van der Waals surface area contributed by atoms with Crippen LogP contribution in [0.3, 0.4) is 0 Å². The van der Waals surface area contributed by atoms with Crippen LogP contribution in [-0.4, -0.2) is 25.0 Å². The van der Waals surface area contributed by atoms with Gasteiger partial charge in [0, 0.05) is 31.9 Å².